The van der Waals surface area contributed by atoms with E-state index in [2.05, 4.69) is 33.4 Å². The van der Waals surface area contributed by atoms with Crippen molar-refractivity contribution in [2.45, 2.75) is 25.0 Å². The van der Waals surface area contributed by atoms with Gasteiger partial charge in [0.2, 0.25) is 0 Å². The molecule has 2 nitrogen and oxygen atoms in total. The van der Waals surface area contributed by atoms with Crippen molar-refractivity contribution in [1.29, 1.82) is 0 Å². The molecular formula is C14H14BrNOS. The Balaban J connectivity index is 1.69. The first-order chi connectivity index (χ1) is 8.74. The maximum Gasteiger partial charge on any atom is 0.123 e. The summed E-state index contributed by atoms with van der Waals surface area (Å²) in [5.74, 6) is 0.989. The van der Waals surface area contributed by atoms with Crippen LogP contribution in [0.5, 0.6) is 5.75 Å². The lowest BCUT2D eigenvalue weighted by atomic mass is 10.0. The molecule has 2 aromatic rings. The number of nitrogens with two attached hydrogens (primary N) is 1. The Hall–Kier alpha value is -0.840. The third-order valence-corrected chi connectivity index (χ3v) is 5.21. The molecule has 1 aliphatic heterocycles. The minimum atomic E-state index is 0.0346. The van der Waals surface area contributed by atoms with E-state index < -0.39 is 0 Å². The molecule has 0 aliphatic carbocycles. The highest BCUT2D eigenvalue weighted by Gasteiger charge is 2.28. The Labute approximate surface area is 119 Å². The lowest BCUT2D eigenvalue weighted by molar-refractivity contribution is 0.198. The summed E-state index contributed by atoms with van der Waals surface area (Å²) in [5, 5.41) is 2.08. The van der Waals surface area contributed by atoms with Gasteiger partial charge in [-0.05, 0) is 39.0 Å². The van der Waals surface area contributed by atoms with Gasteiger partial charge in [0.1, 0.15) is 11.9 Å². The van der Waals surface area contributed by atoms with Crippen molar-refractivity contribution >= 4 is 27.3 Å². The molecule has 0 saturated carbocycles. The SMILES string of the molecule is NC(Cc1sccc1Br)C1Cc2ccccc2O1. The van der Waals surface area contributed by atoms with Crippen LogP contribution in [0.1, 0.15) is 10.4 Å². The van der Waals surface area contributed by atoms with Gasteiger partial charge in [-0.3, -0.25) is 0 Å². The first-order valence-electron chi connectivity index (χ1n) is 5.96. The Morgan fingerprint density at radius 2 is 2.22 bits per heavy atom. The molecule has 1 aliphatic rings. The topological polar surface area (TPSA) is 35.2 Å². The Bertz CT molecular complexity index is 529. The van der Waals surface area contributed by atoms with Crippen molar-refractivity contribution in [1.82, 2.24) is 0 Å². The molecule has 0 saturated heterocycles. The lowest BCUT2D eigenvalue weighted by Gasteiger charge is -2.18. The molecule has 0 spiro atoms. The average Bonchev–Trinajstić information content (AvgIpc) is 2.96. The fourth-order valence-electron chi connectivity index (χ4n) is 2.26. The predicted molar refractivity (Wildman–Crippen MR) is 78.3 cm³/mol. The molecule has 18 heavy (non-hydrogen) atoms. The molecule has 1 aromatic carbocycles. The van der Waals surface area contributed by atoms with Crippen LogP contribution in [0.4, 0.5) is 0 Å². The minimum absolute atomic E-state index is 0.0346. The summed E-state index contributed by atoms with van der Waals surface area (Å²) in [5.41, 5.74) is 7.55. The van der Waals surface area contributed by atoms with Gasteiger partial charge in [0.15, 0.2) is 0 Å². The Morgan fingerprint density at radius 3 is 2.94 bits per heavy atom. The number of ether oxygens (including phenoxy) is 1. The fourth-order valence-corrected chi connectivity index (χ4v) is 3.85. The Morgan fingerprint density at radius 1 is 1.39 bits per heavy atom. The molecule has 2 N–H and O–H groups in total. The molecule has 0 fully saturated rings. The quantitative estimate of drug-likeness (QED) is 0.939. The van der Waals surface area contributed by atoms with E-state index in [4.69, 9.17) is 10.5 Å². The molecule has 2 heterocycles. The van der Waals surface area contributed by atoms with Crippen LogP contribution in [0, 0.1) is 0 Å². The van der Waals surface area contributed by atoms with E-state index >= 15 is 0 Å². The number of fused-ring (bicyclic) bond motifs is 1. The molecule has 2 atom stereocenters. The molecule has 94 valence electrons. The van der Waals surface area contributed by atoms with Crippen molar-refractivity contribution in [3.63, 3.8) is 0 Å². The van der Waals surface area contributed by atoms with E-state index in [0.717, 1.165) is 23.1 Å². The summed E-state index contributed by atoms with van der Waals surface area (Å²) in [4.78, 5) is 1.29. The zero-order valence-electron chi connectivity index (χ0n) is 9.80. The number of hydrogen-bond donors (Lipinski definition) is 1. The molecule has 0 radical (unpaired) electrons. The van der Waals surface area contributed by atoms with E-state index in [-0.39, 0.29) is 12.1 Å². The summed E-state index contributed by atoms with van der Waals surface area (Å²) < 4.78 is 7.07. The monoisotopic (exact) mass is 323 g/mol. The Kier molecular flexibility index (Phi) is 3.41. The van der Waals surface area contributed by atoms with Gasteiger partial charge in [-0.1, -0.05) is 18.2 Å². The van der Waals surface area contributed by atoms with Gasteiger partial charge >= 0.3 is 0 Å². The van der Waals surface area contributed by atoms with Gasteiger partial charge in [-0.15, -0.1) is 11.3 Å². The number of benzene rings is 1. The second-order valence-electron chi connectivity index (χ2n) is 4.53. The molecule has 4 heteroatoms. The highest BCUT2D eigenvalue weighted by atomic mass is 79.9. The van der Waals surface area contributed by atoms with Gasteiger partial charge in [-0.2, -0.15) is 0 Å². The summed E-state index contributed by atoms with van der Waals surface area (Å²) >= 11 is 5.28. The summed E-state index contributed by atoms with van der Waals surface area (Å²) in [6, 6.07) is 10.3. The number of hydrogen-bond acceptors (Lipinski definition) is 3. The summed E-state index contributed by atoms with van der Waals surface area (Å²) in [6.45, 7) is 0. The van der Waals surface area contributed by atoms with Crippen molar-refractivity contribution in [2.75, 3.05) is 0 Å². The molecule has 1 aromatic heterocycles. The molecular weight excluding hydrogens is 310 g/mol. The van der Waals surface area contributed by atoms with Gasteiger partial charge in [-0.25, -0.2) is 0 Å². The van der Waals surface area contributed by atoms with Crippen LogP contribution in [0.2, 0.25) is 0 Å². The highest BCUT2D eigenvalue weighted by Crippen LogP contribution is 2.31. The molecule has 0 amide bonds. The zero-order valence-corrected chi connectivity index (χ0v) is 12.2. The first kappa shape index (κ1) is 12.2. The van der Waals surface area contributed by atoms with Gasteiger partial charge in [0.25, 0.3) is 0 Å². The number of thiophene rings is 1. The summed E-state index contributed by atoms with van der Waals surface area (Å²) in [7, 11) is 0. The molecule has 0 bridgehead atoms. The van der Waals surface area contributed by atoms with E-state index in [0.29, 0.717) is 0 Å². The average molecular weight is 324 g/mol. The van der Waals surface area contributed by atoms with Crippen LogP contribution in [-0.4, -0.2) is 12.1 Å². The maximum absolute atomic E-state index is 6.28. The lowest BCUT2D eigenvalue weighted by Crippen LogP contribution is -2.39. The normalized spacial score (nSPS) is 19.3. The largest absolute Gasteiger partial charge is 0.488 e. The van der Waals surface area contributed by atoms with Crippen LogP contribution >= 0.6 is 27.3 Å². The van der Waals surface area contributed by atoms with Crippen LogP contribution in [-0.2, 0) is 12.8 Å². The number of para-hydroxylation sites is 1. The van der Waals surface area contributed by atoms with Crippen LogP contribution in [0.25, 0.3) is 0 Å². The first-order valence-corrected chi connectivity index (χ1v) is 7.63. The van der Waals surface area contributed by atoms with E-state index in [1.807, 2.05) is 18.2 Å². The third kappa shape index (κ3) is 2.32. The molecule has 2 unspecified atom stereocenters. The highest BCUT2D eigenvalue weighted by molar-refractivity contribution is 9.10. The fraction of sp³-hybridized carbons (Fsp3) is 0.286. The minimum Gasteiger partial charge on any atom is -0.488 e. The van der Waals surface area contributed by atoms with Crippen LogP contribution in [0.3, 0.4) is 0 Å². The smallest absolute Gasteiger partial charge is 0.123 e. The maximum atomic E-state index is 6.28. The van der Waals surface area contributed by atoms with E-state index in [1.165, 1.54) is 10.4 Å². The zero-order chi connectivity index (χ0) is 12.5. The third-order valence-electron chi connectivity index (χ3n) is 3.26. The van der Waals surface area contributed by atoms with Gasteiger partial charge in [0, 0.05) is 28.2 Å². The van der Waals surface area contributed by atoms with E-state index in [1.54, 1.807) is 11.3 Å². The number of halogens is 1. The van der Waals surface area contributed by atoms with Gasteiger partial charge < -0.3 is 10.5 Å². The second-order valence-corrected chi connectivity index (χ2v) is 6.38. The van der Waals surface area contributed by atoms with Crippen molar-refractivity contribution in [3.8, 4) is 5.75 Å². The van der Waals surface area contributed by atoms with E-state index in [9.17, 15) is 0 Å². The predicted octanol–water partition coefficient (Wildman–Crippen LogP) is 3.38. The van der Waals surface area contributed by atoms with Gasteiger partial charge in [0.05, 0.1) is 0 Å². The van der Waals surface area contributed by atoms with Crippen molar-refractivity contribution in [2.24, 2.45) is 5.73 Å². The second kappa shape index (κ2) is 5.03. The van der Waals surface area contributed by atoms with Crippen molar-refractivity contribution < 1.29 is 4.74 Å². The summed E-state index contributed by atoms with van der Waals surface area (Å²) in [6.07, 6.45) is 1.87. The van der Waals surface area contributed by atoms with Crippen LogP contribution in [0.15, 0.2) is 40.2 Å². The van der Waals surface area contributed by atoms with Crippen LogP contribution < -0.4 is 10.5 Å². The number of rotatable bonds is 3. The molecule has 3 rings (SSSR count). The van der Waals surface area contributed by atoms with Crippen molar-refractivity contribution in [3.05, 3.63) is 50.6 Å². The standard InChI is InChI=1S/C14H14BrNOS/c15-10-5-6-18-14(10)8-11(16)13-7-9-3-1-2-4-12(9)17-13/h1-6,11,13H,7-8,16H2.